The molecule has 2 aromatic heterocycles. The summed E-state index contributed by atoms with van der Waals surface area (Å²) < 4.78 is 38.1. The third-order valence-electron chi connectivity index (χ3n) is 4.71. The molecule has 140 valence electrons. The van der Waals surface area contributed by atoms with Gasteiger partial charge in [0.05, 0.1) is 17.0 Å². The molecule has 0 atom stereocenters. The topological polar surface area (TPSA) is 45.8 Å². The van der Waals surface area contributed by atoms with Crippen LogP contribution in [0.4, 0.5) is 13.2 Å². The molecule has 0 spiro atoms. The number of hydrogen-bond acceptors (Lipinski definition) is 2. The van der Waals surface area contributed by atoms with Gasteiger partial charge in [0, 0.05) is 33.8 Å². The molecule has 0 saturated carbocycles. The van der Waals surface area contributed by atoms with Crippen molar-refractivity contribution in [2.75, 3.05) is 0 Å². The molecule has 0 unspecified atom stereocenters. The van der Waals surface area contributed by atoms with Gasteiger partial charge in [0.15, 0.2) is 5.43 Å². The average Bonchev–Trinajstić information content (AvgIpc) is 2.70. The van der Waals surface area contributed by atoms with Crippen LogP contribution >= 0.6 is 0 Å². The van der Waals surface area contributed by atoms with Crippen LogP contribution in [-0.2, 0) is 6.18 Å². The van der Waals surface area contributed by atoms with Crippen LogP contribution in [-0.4, -0.2) is 9.97 Å². The number of aromatic nitrogens is 2. The Labute approximate surface area is 158 Å². The average molecular weight is 380 g/mol. The summed E-state index contributed by atoms with van der Waals surface area (Å²) in [6, 6.07) is 15.7. The van der Waals surface area contributed by atoms with Crippen molar-refractivity contribution in [3.05, 3.63) is 88.2 Å². The van der Waals surface area contributed by atoms with Gasteiger partial charge in [0.2, 0.25) is 0 Å². The van der Waals surface area contributed by atoms with Gasteiger partial charge in [-0.05, 0) is 43.3 Å². The van der Waals surface area contributed by atoms with Gasteiger partial charge in [-0.3, -0.25) is 9.78 Å². The number of nitrogens with one attached hydrogen (secondary N) is 1. The number of halogens is 3. The standard InChI is InChI=1S/C22H15F3N2O/c1-13-20(27-19-5-3-2-4-17(19)21(13)28)15-8-11-18(26-12-15)14-6-9-16(10-7-14)22(23,24)25/h2-12H,1H3,(H,27,28). The highest BCUT2D eigenvalue weighted by atomic mass is 19.4. The van der Waals surface area contributed by atoms with Gasteiger partial charge in [-0.15, -0.1) is 0 Å². The van der Waals surface area contributed by atoms with E-state index in [9.17, 15) is 18.0 Å². The lowest BCUT2D eigenvalue weighted by molar-refractivity contribution is -0.137. The maximum absolute atomic E-state index is 12.7. The summed E-state index contributed by atoms with van der Waals surface area (Å²) >= 11 is 0. The van der Waals surface area contributed by atoms with E-state index >= 15 is 0 Å². The normalized spacial score (nSPS) is 11.7. The fourth-order valence-corrected chi connectivity index (χ4v) is 3.17. The molecule has 4 rings (SSSR count). The first-order valence-electron chi connectivity index (χ1n) is 8.60. The lowest BCUT2D eigenvalue weighted by Crippen LogP contribution is -2.09. The Bertz CT molecular complexity index is 1210. The number of rotatable bonds is 2. The highest BCUT2D eigenvalue weighted by Crippen LogP contribution is 2.31. The minimum absolute atomic E-state index is 0.0452. The smallest absolute Gasteiger partial charge is 0.354 e. The fraction of sp³-hybridized carbons (Fsp3) is 0.0909. The molecule has 0 aliphatic carbocycles. The van der Waals surface area contributed by atoms with E-state index in [1.165, 1.54) is 12.1 Å². The van der Waals surface area contributed by atoms with Crippen molar-refractivity contribution in [2.24, 2.45) is 0 Å². The molecule has 0 bridgehead atoms. The summed E-state index contributed by atoms with van der Waals surface area (Å²) in [7, 11) is 0. The minimum atomic E-state index is -4.37. The zero-order valence-electron chi connectivity index (χ0n) is 14.8. The Morgan fingerprint density at radius 3 is 2.21 bits per heavy atom. The van der Waals surface area contributed by atoms with E-state index in [1.807, 2.05) is 18.2 Å². The van der Waals surface area contributed by atoms with E-state index in [2.05, 4.69) is 9.97 Å². The molecular formula is C22H15F3N2O. The number of benzene rings is 2. The van der Waals surface area contributed by atoms with E-state index in [0.29, 0.717) is 27.9 Å². The number of para-hydroxylation sites is 1. The number of alkyl halides is 3. The Kier molecular flexibility index (Phi) is 4.26. The van der Waals surface area contributed by atoms with E-state index in [4.69, 9.17) is 0 Å². The first kappa shape index (κ1) is 18.0. The summed E-state index contributed by atoms with van der Waals surface area (Å²) in [5.74, 6) is 0. The molecule has 0 fully saturated rings. The maximum Gasteiger partial charge on any atom is 0.416 e. The van der Waals surface area contributed by atoms with E-state index < -0.39 is 11.7 Å². The van der Waals surface area contributed by atoms with Crippen LogP contribution in [0.3, 0.4) is 0 Å². The number of hydrogen-bond donors (Lipinski definition) is 1. The maximum atomic E-state index is 12.7. The predicted octanol–water partition coefficient (Wildman–Crippen LogP) is 5.58. The van der Waals surface area contributed by atoms with Gasteiger partial charge in [0.25, 0.3) is 0 Å². The number of nitrogens with zero attached hydrogens (tertiary/aromatic N) is 1. The molecule has 4 aromatic rings. The van der Waals surface area contributed by atoms with Crippen LogP contribution in [0.2, 0.25) is 0 Å². The second kappa shape index (κ2) is 6.64. The van der Waals surface area contributed by atoms with Crippen molar-refractivity contribution in [2.45, 2.75) is 13.1 Å². The molecule has 28 heavy (non-hydrogen) atoms. The van der Waals surface area contributed by atoms with Gasteiger partial charge in [-0.1, -0.05) is 24.3 Å². The van der Waals surface area contributed by atoms with Gasteiger partial charge < -0.3 is 4.98 Å². The van der Waals surface area contributed by atoms with Crippen LogP contribution < -0.4 is 5.43 Å². The van der Waals surface area contributed by atoms with Crippen LogP contribution in [0.15, 0.2) is 71.7 Å². The first-order valence-corrected chi connectivity index (χ1v) is 8.60. The summed E-state index contributed by atoms with van der Waals surface area (Å²) in [5, 5.41) is 0.623. The largest absolute Gasteiger partial charge is 0.416 e. The molecule has 3 nitrogen and oxygen atoms in total. The van der Waals surface area contributed by atoms with Crippen LogP contribution in [0.25, 0.3) is 33.4 Å². The molecule has 6 heteroatoms. The van der Waals surface area contributed by atoms with Crippen LogP contribution in [0, 0.1) is 6.92 Å². The quantitative estimate of drug-likeness (QED) is 0.493. The molecule has 0 aliphatic heterocycles. The van der Waals surface area contributed by atoms with Crippen molar-refractivity contribution in [1.29, 1.82) is 0 Å². The number of H-pyrrole nitrogens is 1. The summed E-state index contributed by atoms with van der Waals surface area (Å²) in [5.41, 5.74) is 3.13. The lowest BCUT2D eigenvalue weighted by Gasteiger charge is -2.10. The van der Waals surface area contributed by atoms with Crippen molar-refractivity contribution in [3.8, 4) is 22.5 Å². The highest BCUT2D eigenvalue weighted by Gasteiger charge is 2.30. The molecule has 0 radical (unpaired) electrons. The van der Waals surface area contributed by atoms with Crippen LogP contribution in [0.5, 0.6) is 0 Å². The van der Waals surface area contributed by atoms with Gasteiger partial charge in [-0.2, -0.15) is 13.2 Å². The van der Waals surface area contributed by atoms with Crippen molar-refractivity contribution in [1.82, 2.24) is 9.97 Å². The Hall–Kier alpha value is -3.41. The molecule has 1 N–H and O–H groups in total. The monoisotopic (exact) mass is 380 g/mol. The third kappa shape index (κ3) is 3.17. The molecule has 0 amide bonds. The molecular weight excluding hydrogens is 365 g/mol. The van der Waals surface area contributed by atoms with Crippen LogP contribution in [0.1, 0.15) is 11.1 Å². The summed E-state index contributed by atoms with van der Waals surface area (Å²) in [4.78, 5) is 20.2. The van der Waals surface area contributed by atoms with Crippen molar-refractivity contribution >= 4 is 10.9 Å². The predicted molar refractivity (Wildman–Crippen MR) is 103 cm³/mol. The highest BCUT2D eigenvalue weighted by molar-refractivity contribution is 5.83. The summed E-state index contributed by atoms with van der Waals surface area (Å²) in [6.45, 7) is 1.75. The number of pyridine rings is 2. The third-order valence-corrected chi connectivity index (χ3v) is 4.71. The van der Waals surface area contributed by atoms with Crippen molar-refractivity contribution < 1.29 is 13.2 Å². The van der Waals surface area contributed by atoms with E-state index in [1.54, 1.807) is 31.3 Å². The van der Waals surface area contributed by atoms with Gasteiger partial charge in [0.1, 0.15) is 0 Å². The summed E-state index contributed by atoms with van der Waals surface area (Å²) in [6.07, 6.45) is -2.75. The van der Waals surface area contributed by atoms with E-state index in [0.717, 1.165) is 23.2 Å². The number of aromatic amines is 1. The van der Waals surface area contributed by atoms with E-state index in [-0.39, 0.29) is 5.43 Å². The zero-order valence-corrected chi connectivity index (χ0v) is 14.8. The molecule has 2 heterocycles. The number of fused-ring (bicyclic) bond motifs is 1. The Morgan fingerprint density at radius 1 is 0.893 bits per heavy atom. The molecule has 0 saturated heterocycles. The second-order valence-corrected chi connectivity index (χ2v) is 6.51. The lowest BCUT2D eigenvalue weighted by atomic mass is 10.0. The Morgan fingerprint density at radius 2 is 1.57 bits per heavy atom. The first-order chi connectivity index (χ1) is 13.3. The SMILES string of the molecule is Cc1c(-c2ccc(-c3ccc(C(F)(F)F)cc3)nc2)[nH]c2ccccc2c1=O. The zero-order chi connectivity index (χ0) is 19.9. The van der Waals surface area contributed by atoms with Gasteiger partial charge in [-0.25, -0.2) is 0 Å². The van der Waals surface area contributed by atoms with Gasteiger partial charge >= 0.3 is 6.18 Å². The molecule has 0 aliphatic rings. The van der Waals surface area contributed by atoms with Crippen molar-refractivity contribution in [3.63, 3.8) is 0 Å². The minimum Gasteiger partial charge on any atom is -0.354 e. The fourth-order valence-electron chi connectivity index (χ4n) is 3.17. The second-order valence-electron chi connectivity index (χ2n) is 6.51. The molecule has 2 aromatic carbocycles. The Balaban J connectivity index is 1.72.